The van der Waals surface area contributed by atoms with Crippen molar-refractivity contribution >= 4 is 11.0 Å². The number of rotatable bonds is 3. The number of aryl methyl sites for hydroxylation is 2. The zero-order valence-electron chi connectivity index (χ0n) is 15.0. The van der Waals surface area contributed by atoms with Gasteiger partial charge >= 0.3 is 0 Å². The average molecular weight is 358 g/mol. The Kier molecular flexibility index (Phi) is 4.16. The number of ether oxygens (including phenoxy) is 1. The van der Waals surface area contributed by atoms with Crippen molar-refractivity contribution in [1.29, 1.82) is 0 Å². The Morgan fingerprint density at radius 2 is 1.48 bits per heavy atom. The van der Waals surface area contributed by atoms with Crippen LogP contribution >= 0.6 is 0 Å². The van der Waals surface area contributed by atoms with Crippen LogP contribution in [0.4, 0.5) is 0 Å². The lowest BCUT2D eigenvalue weighted by Gasteiger charge is -2.10. The van der Waals surface area contributed by atoms with Gasteiger partial charge in [-0.1, -0.05) is 42.0 Å². The molecule has 27 heavy (non-hydrogen) atoms. The molecule has 4 aromatic rings. The van der Waals surface area contributed by atoms with Gasteiger partial charge in [-0.2, -0.15) is 0 Å². The van der Waals surface area contributed by atoms with Crippen LogP contribution in [0.1, 0.15) is 11.3 Å². The molecule has 0 aliphatic heterocycles. The summed E-state index contributed by atoms with van der Waals surface area (Å²) in [5.74, 6) is 1.11. The van der Waals surface area contributed by atoms with Crippen LogP contribution in [0.25, 0.3) is 22.1 Å². The number of phenolic OH excluding ortho intramolecular Hbond substituents is 1. The second-order valence-electron chi connectivity index (χ2n) is 6.49. The van der Waals surface area contributed by atoms with E-state index in [4.69, 9.17) is 9.15 Å². The molecule has 1 heterocycles. The molecule has 0 amide bonds. The van der Waals surface area contributed by atoms with Crippen molar-refractivity contribution in [2.24, 2.45) is 0 Å². The van der Waals surface area contributed by atoms with Crippen LogP contribution in [0.2, 0.25) is 0 Å². The van der Waals surface area contributed by atoms with E-state index in [2.05, 4.69) is 31.2 Å². The number of fused-ring (bicyclic) bond motifs is 1. The first-order valence-corrected chi connectivity index (χ1v) is 8.62. The third kappa shape index (κ3) is 3.29. The number of hydrogen-bond donors (Lipinski definition) is 1. The van der Waals surface area contributed by atoms with Gasteiger partial charge < -0.3 is 14.3 Å². The van der Waals surface area contributed by atoms with Gasteiger partial charge in [0, 0.05) is 6.07 Å². The topological polar surface area (TPSA) is 59.7 Å². The molecule has 0 bridgehead atoms. The Morgan fingerprint density at radius 3 is 2.15 bits per heavy atom. The van der Waals surface area contributed by atoms with E-state index in [-0.39, 0.29) is 16.9 Å². The molecule has 0 spiro atoms. The molecule has 3 aromatic carbocycles. The molecule has 0 fully saturated rings. The van der Waals surface area contributed by atoms with E-state index in [0.717, 1.165) is 11.1 Å². The third-order valence-electron chi connectivity index (χ3n) is 4.46. The SMILES string of the molecule is Cc1ccc(-c2ccc(Oc3c(C)oc4cc(O)ccc4c3=O)cc2)cc1. The molecule has 4 rings (SSSR count). The molecule has 4 heteroatoms. The first-order valence-electron chi connectivity index (χ1n) is 8.62. The van der Waals surface area contributed by atoms with Crippen LogP contribution in [-0.2, 0) is 0 Å². The van der Waals surface area contributed by atoms with Gasteiger partial charge in [0.15, 0.2) is 0 Å². The fourth-order valence-electron chi connectivity index (χ4n) is 2.97. The average Bonchev–Trinajstić information content (AvgIpc) is 2.66. The third-order valence-corrected chi connectivity index (χ3v) is 4.46. The summed E-state index contributed by atoms with van der Waals surface area (Å²) in [6.07, 6.45) is 0. The van der Waals surface area contributed by atoms with Crippen molar-refractivity contribution in [3.8, 4) is 28.4 Å². The molecule has 1 aromatic heterocycles. The van der Waals surface area contributed by atoms with Crippen LogP contribution < -0.4 is 10.2 Å². The van der Waals surface area contributed by atoms with Gasteiger partial charge in [0.25, 0.3) is 0 Å². The number of benzene rings is 3. The maximum absolute atomic E-state index is 12.7. The summed E-state index contributed by atoms with van der Waals surface area (Å²) in [4.78, 5) is 12.7. The molecule has 0 aliphatic rings. The lowest BCUT2D eigenvalue weighted by molar-refractivity contribution is 0.435. The number of phenols is 1. The van der Waals surface area contributed by atoms with E-state index in [1.807, 2.05) is 24.3 Å². The first kappa shape index (κ1) is 16.9. The number of hydrogen-bond acceptors (Lipinski definition) is 4. The molecule has 0 atom stereocenters. The molecule has 134 valence electrons. The minimum Gasteiger partial charge on any atom is -0.508 e. The monoisotopic (exact) mass is 358 g/mol. The molecule has 0 aliphatic carbocycles. The summed E-state index contributed by atoms with van der Waals surface area (Å²) >= 11 is 0. The molecule has 0 saturated heterocycles. The summed E-state index contributed by atoms with van der Waals surface area (Å²) in [7, 11) is 0. The lowest BCUT2D eigenvalue weighted by Crippen LogP contribution is -2.07. The van der Waals surface area contributed by atoms with Crippen molar-refractivity contribution in [1.82, 2.24) is 0 Å². The highest BCUT2D eigenvalue weighted by molar-refractivity contribution is 5.79. The Hall–Kier alpha value is -3.53. The Morgan fingerprint density at radius 1 is 0.852 bits per heavy atom. The zero-order valence-corrected chi connectivity index (χ0v) is 15.0. The van der Waals surface area contributed by atoms with Crippen molar-refractivity contribution in [3.05, 3.63) is 88.3 Å². The summed E-state index contributed by atoms with van der Waals surface area (Å²) in [5.41, 5.74) is 3.47. The smallest absolute Gasteiger partial charge is 0.235 e. The highest BCUT2D eigenvalue weighted by Crippen LogP contribution is 2.28. The van der Waals surface area contributed by atoms with Gasteiger partial charge in [0.2, 0.25) is 11.2 Å². The predicted molar refractivity (Wildman–Crippen MR) is 106 cm³/mol. The normalized spacial score (nSPS) is 10.9. The van der Waals surface area contributed by atoms with Crippen LogP contribution in [0.5, 0.6) is 17.2 Å². The van der Waals surface area contributed by atoms with Crippen molar-refractivity contribution < 1.29 is 14.3 Å². The Bertz CT molecular complexity index is 1170. The van der Waals surface area contributed by atoms with E-state index in [1.54, 1.807) is 6.92 Å². The molecule has 0 saturated carbocycles. The highest BCUT2D eigenvalue weighted by atomic mass is 16.5. The lowest BCUT2D eigenvalue weighted by atomic mass is 10.0. The van der Waals surface area contributed by atoms with Gasteiger partial charge in [0.1, 0.15) is 22.8 Å². The minimum absolute atomic E-state index is 0.0467. The highest BCUT2D eigenvalue weighted by Gasteiger charge is 2.14. The van der Waals surface area contributed by atoms with Crippen molar-refractivity contribution in [3.63, 3.8) is 0 Å². The van der Waals surface area contributed by atoms with Crippen LogP contribution in [0, 0.1) is 13.8 Å². The summed E-state index contributed by atoms with van der Waals surface area (Å²) < 4.78 is 11.5. The van der Waals surface area contributed by atoms with Gasteiger partial charge in [0.05, 0.1) is 5.39 Å². The maximum atomic E-state index is 12.7. The molecule has 1 N–H and O–H groups in total. The largest absolute Gasteiger partial charge is 0.508 e. The number of aromatic hydroxyl groups is 1. The molecule has 0 unspecified atom stereocenters. The molecular weight excluding hydrogens is 340 g/mol. The van der Waals surface area contributed by atoms with E-state index < -0.39 is 0 Å². The molecule has 0 radical (unpaired) electrons. The first-order chi connectivity index (χ1) is 13.0. The summed E-state index contributed by atoms with van der Waals surface area (Å²) in [5, 5.41) is 9.92. The minimum atomic E-state index is -0.267. The van der Waals surface area contributed by atoms with Crippen LogP contribution in [0.15, 0.2) is 75.9 Å². The summed E-state index contributed by atoms with van der Waals surface area (Å²) in [6, 6.07) is 20.3. The fourth-order valence-corrected chi connectivity index (χ4v) is 2.97. The Labute approximate surface area is 156 Å². The standard InChI is InChI=1S/C23H18O4/c1-14-3-5-16(6-4-14)17-7-10-19(11-8-17)27-23-15(2)26-21-13-18(24)9-12-20(21)22(23)25/h3-13,24H,1-2H3. The second-order valence-corrected chi connectivity index (χ2v) is 6.49. The molecular formula is C23H18O4. The van der Waals surface area contributed by atoms with E-state index in [9.17, 15) is 9.90 Å². The Balaban J connectivity index is 1.67. The van der Waals surface area contributed by atoms with Crippen molar-refractivity contribution in [2.45, 2.75) is 13.8 Å². The summed E-state index contributed by atoms with van der Waals surface area (Å²) in [6.45, 7) is 3.72. The van der Waals surface area contributed by atoms with Gasteiger partial charge in [-0.15, -0.1) is 0 Å². The van der Waals surface area contributed by atoms with E-state index >= 15 is 0 Å². The fraction of sp³-hybridized carbons (Fsp3) is 0.0870. The van der Waals surface area contributed by atoms with Crippen molar-refractivity contribution in [2.75, 3.05) is 0 Å². The quantitative estimate of drug-likeness (QED) is 0.520. The van der Waals surface area contributed by atoms with Crippen LogP contribution in [0.3, 0.4) is 0 Å². The van der Waals surface area contributed by atoms with Gasteiger partial charge in [-0.3, -0.25) is 4.79 Å². The van der Waals surface area contributed by atoms with E-state index in [1.165, 1.54) is 23.8 Å². The second kappa shape index (κ2) is 6.65. The predicted octanol–water partition coefficient (Wildman–Crippen LogP) is 5.57. The maximum Gasteiger partial charge on any atom is 0.235 e. The molecule has 4 nitrogen and oxygen atoms in total. The zero-order chi connectivity index (χ0) is 19.0. The van der Waals surface area contributed by atoms with Gasteiger partial charge in [-0.05, 0) is 49.2 Å². The van der Waals surface area contributed by atoms with Crippen LogP contribution in [-0.4, -0.2) is 5.11 Å². The van der Waals surface area contributed by atoms with E-state index in [0.29, 0.717) is 22.5 Å². The van der Waals surface area contributed by atoms with Gasteiger partial charge in [-0.25, -0.2) is 0 Å².